The number of benzene rings is 1. The third kappa shape index (κ3) is 4.48. The van der Waals surface area contributed by atoms with E-state index >= 15 is 0 Å². The molecule has 0 saturated carbocycles. The second kappa shape index (κ2) is 8.81. The van der Waals surface area contributed by atoms with Crippen LogP contribution in [0, 0.1) is 17.2 Å². The van der Waals surface area contributed by atoms with E-state index in [0.29, 0.717) is 41.5 Å². The molecule has 7 nitrogen and oxygen atoms in total. The Hall–Kier alpha value is -3.14. The molecule has 0 amide bonds. The Bertz CT molecular complexity index is 794. The lowest BCUT2D eigenvalue weighted by atomic mass is 10.1. The van der Waals surface area contributed by atoms with Gasteiger partial charge in [-0.05, 0) is 29.7 Å². The Morgan fingerprint density at radius 2 is 1.81 bits per heavy atom. The summed E-state index contributed by atoms with van der Waals surface area (Å²) in [5, 5.41) is 12.3. The lowest BCUT2D eigenvalue weighted by Gasteiger charge is -2.12. The first-order valence-corrected chi connectivity index (χ1v) is 8.15. The molecule has 0 unspecified atom stereocenters. The van der Waals surface area contributed by atoms with Gasteiger partial charge in [0.15, 0.2) is 11.5 Å². The molecule has 0 aliphatic carbocycles. The van der Waals surface area contributed by atoms with Crippen molar-refractivity contribution < 1.29 is 18.6 Å². The van der Waals surface area contributed by atoms with Crippen LogP contribution in [0.15, 0.2) is 16.5 Å². The van der Waals surface area contributed by atoms with Gasteiger partial charge in [-0.1, -0.05) is 13.8 Å². The highest BCUT2D eigenvalue weighted by Crippen LogP contribution is 2.38. The van der Waals surface area contributed by atoms with Gasteiger partial charge in [-0.25, -0.2) is 0 Å². The molecule has 0 saturated heterocycles. The number of nitrogens with one attached hydrogen (secondary N) is 1. The van der Waals surface area contributed by atoms with Gasteiger partial charge in [0.2, 0.25) is 23.2 Å². The molecule has 26 heavy (non-hydrogen) atoms. The maximum absolute atomic E-state index is 9.19. The fourth-order valence-electron chi connectivity index (χ4n) is 2.27. The molecule has 0 bridgehead atoms. The summed E-state index contributed by atoms with van der Waals surface area (Å²) < 4.78 is 21.6. The van der Waals surface area contributed by atoms with Gasteiger partial charge >= 0.3 is 0 Å². The highest BCUT2D eigenvalue weighted by molar-refractivity contribution is 5.71. The topological polar surface area (TPSA) is 89.5 Å². The van der Waals surface area contributed by atoms with Gasteiger partial charge in [0.05, 0.1) is 21.3 Å². The van der Waals surface area contributed by atoms with E-state index in [0.717, 1.165) is 5.56 Å². The van der Waals surface area contributed by atoms with E-state index in [1.165, 1.54) is 0 Å². The lowest BCUT2D eigenvalue weighted by molar-refractivity contribution is 0.324. The van der Waals surface area contributed by atoms with Crippen LogP contribution in [0.1, 0.15) is 31.0 Å². The van der Waals surface area contributed by atoms with E-state index in [1.54, 1.807) is 33.5 Å². The summed E-state index contributed by atoms with van der Waals surface area (Å²) in [6.07, 6.45) is 3.48. The van der Waals surface area contributed by atoms with Gasteiger partial charge in [0.1, 0.15) is 6.07 Å². The molecule has 0 radical (unpaired) electrons. The number of oxazole rings is 1. The quantitative estimate of drug-likeness (QED) is 0.768. The minimum atomic E-state index is 0.232. The van der Waals surface area contributed by atoms with Crippen LogP contribution >= 0.6 is 0 Å². The van der Waals surface area contributed by atoms with Crippen molar-refractivity contribution in [3.63, 3.8) is 0 Å². The standard InChI is InChI=1S/C19H23N3O4/c1-12(2)11-21-19-14(10-20)22-17(26-19)7-6-13-8-15(23-3)18(25-5)16(9-13)24-4/h6-9,12,21H,11H2,1-5H3. The van der Waals surface area contributed by atoms with Crippen molar-refractivity contribution in [3.05, 3.63) is 29.3 Å². The van der Waals surface area contributed by atoms with E-state index < -0.39 is 0 Å². The van der Waals surface area contributed by atoms with Crippen molar-refractivity contribution in [1.82, 2.24) is 4.98 Å². The average molecular weight is 357 g/mol. The summed E-state index contributed by atoms with van der Waals surface area (Å²) in [6, 6.07) is 5.65. The second-order valence-electron chi connectivity index (χ2n) is 5.91. The fraction of sp³-hybridized carbons (Fsp3) is 0.368. The van der Waals surface area contributed by atoms with Gasteiger partial charge in [-0.15, -0.1) is 0 Å². The molecule has 138 valence electrons. The molecule has 1 heterocycles. The molecule has 1 aromatic heterocycles. The van der Waals surface area contributed by atoms with Gasteiger partial charge < -0.3 is 23.9 Å². The Balaban J connectivity index is 2.28. The number of rotatable bonds is 8. The predicted octanol–water partition coefficient (Wildman–Crippen LogP) is 3.81. The number of hydrogen-bond donors (Lipinski definition) is 1. The van der Waals surface area contributed by atoms with E-state index in [-0.39, 0.29) is 5.69 Å². The molecule has 0 aliphatic rings. The third-order valence-electron chi connectivity index (χ3n) is 3.53. The first-order valence-electron chi connectivity index (χ1n) is 8.15. The van der Waals surface area contributed by atoms with Crippen LogP contribution < -0.4 is 19.5 Å². The van der Waals surface area contributed by atoms with Gasteiger partial charge in [-0.2, -0.15) is 10.2 Å². The zero-order valence-electron chi connectivity index (χ0n) is 15.6. The molecular formula is C19H23N3O4. The molecule has 2 aromatic rings. The predicted molar refractivity (Wildman–Crippen MR) is 99.6 cm³/mol. The number of hydrogen-bond acceptors (Lipinski definition) is 7. The van der Waals surface area contributed by atoms with Crippen LogP contribution in [0.2, 0.25) is 0 Å². The van der Waals surface area contributed by atoms with Crippen LogP contribution in [-0.2, 0) is 0 Å². The maximum Gasteiger partial charge on any atom is 0.232 e. The number of ether oxygens (including phenoxy) is 3. The molecule has 7 heteroatoms. The van der Waals surface area contributed by atoms with E-state index in [1.807, 2.05) is 18.2 Å². The normalized spacial score (nSPS) is 10.8. The third-order valence-corrected chi connectivity index (χ3v) is 3.53. The first kappa shape index (κ1) is 19.2. The fourth-order valence-corrected chi connectivity index (χ4v) is 2.27. The van der Waals surface area contributed by atoms with E-state index in [2.05, 4.69) is 24.1 Å². The Labute approximate surface area is 153 Å². The zero-order valence-corrected chi connectivity index (χ0v) is 15.6. The Morgan fingerprint density at radius 3 is 2.31 bits per heavy atom. The number of nitriles is 1. The second-order valence-corrected chi connectivity index (χ2v) is 5.91. The first-order chi connectivity index (χ1) is 12.5. The number of anilines is 1. The van der Waals surface area contributed by atoms with Crippen molar-refractivity contribution in [2.24, 2.45) is 5.92 Å². The van der Waals surface area contributed by atoms with Crippen molar-refractivity contribution in [1.29, 1.82) is 5.26 Å². The number of aromatic nitrogens is 1. The van der Waals surface area contributed by atoms with Crippen LogP contribution in [0.4, 0.5) is 5.88 Å². The molecule has 0 aliphatic heterocycles. The van der Waals surface area contributed by atoms with Crippen molar-refractivity contribution in [2.75, 3.05) is 33.2 Å². The number of methoxy groups -OCH3 is 3. The Kier molecular flexibility index (Phi) is 6.50. The van der Waals surface area contributed by atoms with Crippen molar-refractivity contribution >= 4 is 18.0 Å². The SMILES string of the molecule is COc1cc(C=Cc2nc(C#N)c(NCC(C)C)o2)cc(OC)c1OC. The summed E-state index contributed by atoms with van der Waals surface area (Å²) in [4.78, 5) is 4.18. The van der Waals surface area contributed by atoms with Crippen molar-refractivity contribution in [3.8, 4) is 23.3 Å². The molecule has 2 rings (SSSR count). The minimum absolute atomic E-state index is 0.232. The smallest absolute Gasteiger partial charge is 0.232 e. The largest absolute Gasteiger partial charge is 0.493 e. The highest BCUT2D eigenvalue weighted by atomic mass is 16.5. The molecular weight excluding hydrogens is 334 g/mol. The van der Waals surface area contributed by atoms with Crippen LogP contribution in [-0.4, -0.2) is 32.9 Å². The minimum Gasteiger partial charge on any atom is -0.493 e. The molecule has 0 fully saturated rings. The maximum atomic E-state index is 9.19. The zero-order chi connectivity index (χ0) is 19.1. The highest BCUT2D eigenvalue weighted by Gasteiger charge is 2.13. The van der Waals surface area contributed by atoms with Crippen LogP contribution in [0.3, 0.4) is 0 Å². The molecule has 0 spiro atoms. The van der Waals surface area contributed by atoms with Gasteiger partial charge in [0, 0.05) is 12.6 Å². The molecule has 1 N–H and O–H groups in total. The molecule has 1 aromatic carbocycles. The summed E-state index contributed by atoms with van der Waals surface area (Å²) in [5.74, 6) is 2.76. The summed E-state index contributed by atoms with van der Waals surface area (Å²) in [6.45, 7) is 4.83. The summed E-state index contributed by atoms with van der Waals surface area (Å²) in [5.41, 5.74) is 1.04. The van der Waals surface area contributed by atoms with Crippen LogP contribution in [0.25, 0.3) is 12.2 Å². The number of nitrogens with zero attached hydrogens (tertiary/aromatic N) is 2. The lowest BCUT2D eigenvalue weighted by Crippen LogP contribution is -2.08. The molecule has 0 atom stereocenters. The summed E-state index contributed by atoms with van der Waals surface area (Å²) in [7, 11) is 4.67. The van der Waals surface area contributed by atoms with Crippen LogP contribution in [0.5, 0.6) is 17.2 Å². The summed E-state index contributed by atoms with van der Waals surface area (Å²) >= 11 is 0. The van der Waals surface area contributed by atoms with Gasteiger partial charge in [0.25, 0.3) is 0 Å². The monoisotopic (exact) mass is 357 g/mol. The Morgan fingerprint density at radius 1 is 1.15 bits per heavy atom. The van der Waals surface area contributed by atoms with Crippen molar-refractivity contribution in [2.45, 2.75) is 13.8 Å². The van der Waals surface area contributed by atoms with Gasteiger partial charge in [-0.3, -0.25) is 0 Å². The average Bonchev–Trinajstić information content (AvgIpc) is 3.05. The van der Waals surface area contributed by atoms with E-state index in [9.17, 15) is 5.26 Å². The van der Waals surface area contributed by atoms with E-state index in [4.69, 9.17) is 18.6 Å².